The maximum atomic E-state index is 7.19. The summed E-state index contributed by atoms with van der Waals surface area (Å²) in [6, 6.07) is 18.2. The molecule has 0 amide bonds. The van der Waals surface area contributed by atoms with Crippen molar-refractivity contribution >= 4 is 52.7 Å². The van der Waals surface area contributed by atoms with E-state index in [1.54, 1.807) is 68.4 Å². The van der Waals surface area contributed by atoms with Crippen LogP contribution in [0.5, 0.6) is 17.2 Å². The predicted octanol–water partition coefficient (Wildman–Crippen LogP) is 13.4. The second-order valence-corrected chi connectivity index (χ2v) is 21.6. The van der Waals surface area contributed by atoms with E-state index in [1.807, 2.05) is 0 Å². The summed E-state index contributed by atoms with van der Waals surface area (Å²) >= 11 is 6.76. The Morgan fingerprint density at radius 2 is 0.529 bits per heavy atom. The van der Waals surface area contributed by atoms with E-state index in [2.05, 4.69) is 132 Å². The van der Waals surface area contributed by atoms with Gasteiger partial charge in [-0.15, -0.1) is 0 Å². The molecular formula is C43H55NO3S4. The summed E-state index contributed by atoms with van der Waals surface area (Å²) in [5.41, 5.74) is 12.5. The van der Waals surface area contributed by atoms with E-state index < -0.39 is 0 Å². The molecule has 8 heteroatoms. The average Bonchev–Trinajstić information content (AvgIpc) is 3.00. The van der Waals surface area contributed by atoms with Gasteiger partial charge >= 0.3 is 0 Å². The summed E-state index contributed by atoms with van der Waals surface area (Å²) in [4.78, 5) is 8.23. The minimum absolute atomic E-state index is 0.0973. The summed E-state index contributed by atoms with van der Waals surface area (Å²) in [6.07, 6.45) is 0. The second kappa shape index (κ2) is 14.4. The fraction of sp³-hybridized carbons (Fsp3) is 0.442. The first-order valence-electron chi connectivity index (χ1n) is 17.4. The van der Waals surface area contributed by atoms with Gasteiger partial charge in [0.15, 0.2) is 0 Å². The lowest BCUT2D eigenvalue weighted by Gasteiger charge is -2.27. The molecule has 0 unspecified atom stereocenters. The lowest BCUT2D eigenvalue weighted by atomic mass is 9.87. The highest BCUT2D eigenvalue weighted by Gasteiger charge is 2.29. The van der Waals surface area contributed by atoms with Gasteiger partial charge in [0.05, 0.1) is 56.4 Å². The van der Waals surface area contributed by atoms with Gasteiger partial charge in [-0.1, -0.05) is 130 Å². The quantitative estimate of drug-likeness (QED) is 0.182. The summed E-state index contributed by atoms with van der Waals surface area (Å²) in [6.45, 7) is 27.1. The Labute approximate surface area is 324 Å². The number of ether oxygens (including phenoxy) is 3. The van der Waals surface area contributed by atoms with Gasteiger partial charge in [-0.2, -0.15) is 0 Å². The van der Waals surface area contributed by atoms with E-state index in [9.17, 15) is 0 Å². The number of hydrogen-bond acceptors (Lipinski definition) is 8. The van der Waals surface area contributed by atoms with Crippen molar-refractivity contribution in [3.8, 4) is 17.2 Å². The van der Waals surface area contributed by atoms with Gasteiger partial charge in [-0.05, 0) is 92.4 Å². The zero-order valence-electron chi connectivity index (χ0n) is 33.1. The Hall–Kier alpha value is -2.52. The standard InChI is InChI=1S/C43H55NO3S4/c1-40(2,3)24-16-28-36(44)29(17-24)49-31-19-26(42(7,8)9)21-33(38(31)46-14)51-35-23-27(43(10,11)12)22-34(39(35)47-15)50-32-20-25(41(4,5)6)18-30(48-28)37(32)45-13/h16-23H,44H2,1-15H3. The molecule has 0 radical (unpaired) electrons. The van der Waals surface area contributed by atoms with Crippen LogP contribution in [-0.2, 0) is 21.7 Å². The summed E-state index contributed by atoms with van der Waals surface area (Å²) in [7, 11) is 5.31. The molecule has 1 heterocycles. The highest BCUT2D eigenvalue weighted by atomic mass is 32.2. The third-order valence-electron chi connectivity index (χ3n) is 9.12. The lowest BCUT2D eigenvalue weighted by molar-refractivity contribution is 0.389. The molecule has 0 fully saturated rings. The number of hydrogen-bond donors (Lipinski definition) is 1. The first kappa shape index (κ1) is 39.7. The van der Waals surface area contributed by atoms with Gasteiger partial charge < -0.3 is 19.9 Å². The van der Waals surface area contributed by atoms with Crippen LogP contribution in [-0.4, -0.2) is 21.3 Å². The molecule has 0 atom stereocenters. The molecule has 51 heavy (non-hydrogen) atoms. The van der Waals surface area contributed by atoms with Crippen molar-refractivity contribution in [1.29, 1.82) is 0 Å². The van der Waals surface area contributed by atoms with E-state index in [0.29, 0.717) is 0 Å². The van der Waals surface area contributed by atoms with E-state index in [4.69, 9.17) is 19.9 Å². The molecule has 4 aromatic carbocycles. The second-order valence-electron chi connectivity index (χ2n) is 17.3. The van der Waals surface area contributed by atoms with Crippen molar-refractivity contribution in [1.82, 2.24) is 0 Å². The molecule has 1 aliphatic heterocycles. The van der Waals surface area contributed by atoms with Gasteiger partial charge in [0.25, 0.3) is 0 Å². The van der Waals surface area contributed by atoms with Crippen LogP contribution in [0.15, 0.2) is 87.7 Å². The first-order valence-corrected chi connectivity index (χ1v) is 20.6. The number of rotatable bonds is 3. The van der Waals surface area contributed by atoms with Crippen molar-refractivity contribution in [2.24, 2.45) is 0 Å². The molecule has 5 rings (SSSR count). The summed E-state index contributed by atoms with van der Waals surface area (Å²) in [5, 5.41) is 0. The van der Waals surface area contributed by atoms with Crippen LogP contribution in [0, 0.1) is 0 Å². The molecule has 2 N–H and O–H groups in total. The van der Waals surface area contributed by atoms with E-state index >= 15 is 0 Å². The fourth-order valence-electron chi connectivity index (χ4n) is 5.76. The fourth-order valence-corrected chi connectivity index (χ4v) is 10.6. The third-order valence-corrected chi connectivity index (χ3v) is 13.4. The van der Waals surface area contributed by atoms with E-state index in [-0.39, 0.29) is 21.7 Å². The molecular weight excluding hydrogens is 707 g/mol. The number of benzene rings is 4. The molecule has 0 saturated heterocycles. The van der Waals surface area contributed by atoms with Gasteiger partial charge in [0, 0.05) is 9.79 Å². The van der Waals surface area contributed by atoms with Crippen LogP contribution >= 0.6 is 47.0 Å². The van der Waals surface area contributed by atoms with Crippen molar-refractivity contribution in [2.75, 3.05) is 27.1 Å². The first-order chi connectivity index (χ1) is 23.5. The van der Waals surface area contributed by atoms with Crippen LogP contribution in [0.2, 0.25) is 0 Å². The van der Waals surface area contributed by atoms with Gasteiger partial charge in [-0.3, -0.25) is 0 Å². The van der Waals surface area contributed by atoms with Crippen molar-refractivity contribution in [2.45, 2.75) is 144 Å². The number of nitrogen functional groups attached to an aromatic ring is 1. The molecule has 0 aliphatic carbocycles. The number of fused-ring (bicyclic) bond motifs is 8. The Bertz CT molecular complexity index is 1840. The van der Waals surface area contributed by atoms with Crippen LogP contribution in [0.25, 0.3) is 0 Å². The number of nitrogens with two attached hydrogens (primary N) is 1. The summed E-state index contributed by atoms with van der Waals surface area (Å²) < 4.78 is 18.9. The summed E-state index contributed by atoms with van der Waals surface area (Å²) in [5.74, 6) is 2.50. The SMILES string of the molecule is COc1c2cc(C(C)(C)C)cc1Sc1cc(C(C)(C)C)cc(c1OC)Sc1cc(C(C)(C)C)cc(c1OC)Sc1cc(C(C)(C)C)cc(c1N)S2. The average molecular weight is 762 g/mol. The topological polar surface area (TPSA) is 53.7 Å². The highest BCUT2D eigenvalue weighted by Crippen LogP contribution is 2.55. The van der Waals surface area contributed by atoms with Crippen LogP contribution < -0.4 is 19.9 Å². The Kier molecular flexibility index (Phi) is 11.2. The monoisotopic (exact) mass is 761 g/mol. The number of anilines is 1. The molecule has 4 nitrogen and oxygen atoms in total. The maximum absolute atomic E-state index is 7.19. The predicted molar refractivity (Wildman–Crippen MR) is 221 cm³/mol. The zero-order valence-corrected chi connectivity index (χ0v) is 36.3. The van der Waals surface area contributed by atoms with Gasteiger partial charge in [0.2, 0.25) is 0 Å². The largest absolute Gasteiger partial charge is 0.494 e. The van der Waals surface area contributed by atoms with E-state index in [0.717, 1.165) is 62.1 Å². The molecule has 4 aromatic rings. The molecule has 0 spiro atoms. The molecule has 274 valence electrons. The molecule has 1 aliphatic rings. The molecule has 8 bridgehead atoms. The smallest absolute Gasteiger partial charge is 0.146 e. The van der Waals surface area contributed by atoms with Crippen LogP contribution in [0.1, 0.15) is 105 Å². The minimum Gasteiger partial charge on any atom is -0.494 e. The highest BCUT2D eigenvalue weighted by molar-refractivity contribution is 8.01. The Morgan fingerprint density at radius 1 is 0.353 bits per heavy atom. The minimum atomic E-state index is -0.0978. The van der Waals surface area contributed by atoms with Crippen molar-refractivity contribution in [3.05, 3.63) is 70.8 Å². The Balaban J connectivity index is 1.95. The molecule has 0 saturated carbocycles. The van der Waals surface area contributed by atoms with Gasteiger partial charge in [-0.25, -0.2) is 0 Å². The molecule has 0 aromatic heterocycles. The van der Waals surface area contributed by atoms with Crippen LogP contribution in [0.3, 0.4) is 0 Å². The van der Waals surface area contributed by atoms with Gasteiger partial charge in [0.1, 0.15) is 17.2 Å². The zero-order chi connectivity index (χ0) is 37.8. The number of methoxy groups -OCH3 is 3. The van der Waals surface area contributed by atoms with Crippen molar-refractivity contribution in [3.63, 3.8) is 0 Å². The maximum Gasteiger partial charge on any atom is 0.146 e. The van der Waals surface area contributed by atoms with Crippen LogP contribution in [0.4, 0.5) is 5.69 Å². The van der Waals surface area contributed by atoms with E-state index in [1.165, 1.54) is 22.3 Å². The van der Waals surface area contributed by atoms with Crippen molar-refractivity contribution < 1.29 is 14.2 Å². The lowest BCUT2D eigenvalue weighted by Crippen LogP contribution is -2.13. The normalized spacial score (nSPS) is 13.9. The Morgan fingerprint density at radius 3 is 0.706 bits per heavy atom. The third kappa shape index (κ3) is 8.50.